The van der Waals surface area contributed by atoms with Crippen molar-refractivity contribution in [3.05, 3.63) is 28.7 Å². The molecule has 142 valence electrons. The van der Waals surface area contributed by atoms with E-state index in [1.54, 1.807) is 0 Å². The van der Waals surface area contributed by atoms with Crippen LogP contribution < -0.4 is 10.4 Å². The Balaban J connectivity index is 1.39. The minimum atomic E-state index is -0.530. The Hall–Kier alpha value is -1.79. The Morgan fingerprint density at radius 3 is 2.38 bits per heavy atom. The van der Waals surface area contributed by atoms with Gasteiger partial charge in [-0.15, -0.1) is 0 Å². The van der Waals surface area contributed by atoms with Crippen LogP contribution in [0.5, 0.6) is 5.75 Å². The second-order valence-corrected chi connectivity index (χ2v) is 7.80. The van der Waals surface area contributed by atoms with Crippen LogP contribution in [0.2, 0.25) is 0 Å². The highest BCUT2D eigenvalue weighted by Crippen LogP contribution is 2.31. The second-order valence-electron chi connectivity index (χ2n) is 7.80. The fourth-order valence-electron chi connectivity index (χ4n) is 4.70. The van der Waals surface area contributed by atoms with E-state index >= 15 is 0 Å². The lowest BCUT2D eigenvalue weighted by Gasteiger charge is -2.35. The normalized spacial score (nSPS) is 20.4. The molecule has 2 aliphatic rings. The van der Waals surface area contributed by atoms with E-state index in [0.717, 1.165) is 5.52 Å². The van der Waals surface area contributed by atoms with Gasteiger partial charge in [-0.2, -0.15) is 0 Å². The number of ether oxygens (including phenoxy) is 1. The van der Waals surface area contributed by atoms with E-state index in [1.165, 1.54) is 51.4 Å². The fourth-order valence-corrected chi connectivity index (χ4v) is 4.70. The summed E-state index contributed by atoms with van der Waals surface area (Å²) >= 11 is 0. The van der Waals surface area contributed by atoms with Gasteiger partial charge in [0.1, 0.15) is 24.0 Å². The van der Waals surface area contributed by atoms with Crippen LogP contribution in [-0.2, 0) is 0 Å². The summed E-state index contributed by atoms with van der Waals surface area (Å²) in [5, 5.41) is 10.6. The summed E-state index contributed by atoms with van der Waals surface area (Å²) in [6.07, 6.45) is 9.74. The highest BCUT2D eigenvalue weighted by atomic mass is 16.5. The maximum absolute atomic E-state index is 11.5. The summed E-state index contributed by atoms with van der Waals surface area (Å²) < 4.78 is 5.85. The number of para-hydroxylation sites is 1. The number of hydrogen-bond donors (Lipinski definition) is 3. The van der Waals surface area contributed by atoms with E-state index in [-0.39, 0.29) is 12.3 Å². The quantitative estimate of drug-likeness (QED) is 0.710. The van der Waals surface area contributed by atoms with Gasteiger partial charge in [-0.05, 0) is 37.8 Å². The largest absolute Gasteiger partial charge is 0.489 e. The lowest BCUT2D eigenvalue weighted by Crippen LogP contribution is -2.46. The second kappa shape index (κ2) is 7.84. The zero-order valence-electron chi connectivity index (χ0n) is 15.2. The van der Waals surface area contributed by atoms with Crippen LogP contribution in [0.3, 0.4) is 0 Å². The van der Waals surface area contributed by atoms with Crippen LogP contribution >= 0.6 is 0 Å². The SMILES string of the molecule is O=c1[nH]c2cccc(OCC(O)CN(C3CCCC3)C3CCCC3)c2[nH]1. The van der Waals surface area contributed by atoms with Gasteiger partial charge < -0.3 is 19.8 Å². The number of H-pyrrole nitrogens is 2. The molecule has 1 aromatic carbocycles. The van der Waals surface area contributed by atoms with Crippen molar-refractivity contribution >= 4 is 11.0 Å². The number of hydrogen-bond acceptors (Lipinski definition) is 4. The van der Waals surface area contributed by atoms with Gasteiger partial charge in [0.2, 0.25) is 0 Å². The van der Waals surface area contributed by atoms with Crippen molar-refractivity contribution in [1.29, 1.82) is 0 Å². The molecule has 2 aliphatic carbocycles. The van der Waals surface area contributed by atoms with Gasteiger partial charge in [0.15, 0.2) is 0 Å². The number of nitrogens with zero attached hydrogens (tertiary/aromatic N) is 1. The van der Waals surface area contributed by atoms with Crippen molar-refractivity contribution in [1.82, 2.24) is 14.9 Å². The number of fused-ring (bicyclic) bond motifs is 1. The highest BCUT2D eigenvalue weighted by Gasteiger charge is 2.31. The molecule has 0 aliphatic heterocycles. The molecule has 2 aromatic rings. The molecule has 1 atom stereocenters. The summed E-state index contributed by atoms with van der Waals surface area (Å²) in [5.41, 5.74) is 1.14. The van der Waals surface area contributed by atoms with Crippen LogP contribution in [0.15, 0.2) is 23.0 Å². The molecule has 1 aromatic heterocycles. The molecular formula is C20H29N3O3. The van der Waals surface area contributed by atoms with Gasteiger partial charge in [0.05, 0.1) is 5.52 Å². The first kappa shape index (κ1) is 17.6. The highest BCUT2D eigenvalue weighted by molar-refractivity contribution is 5.80. The van der Waals surface area contributed by atoms with Gasteiger partial charge in [-0.25, -0.2) is 4.79 Å². The molecule has 0 amide bonds. The van der Waals surface area contributed by atoms with Crippen LogP contribution in [0.25, 0.3) is 11.0 Å². The van der Waals surface area contributed by atoms with E-state index in [2.05, 4.69) is 14.9 Å². The number of aromatic amines is 2. The zero-order chi connectivity index (χ0) is 17.9. The average molecular weight is 359 g/mol. The molecule has 6 heteroatoms. The summed E-state index contributed by atoms with van der Waals surface area (Å²) in [5.74, 6) is 0.605. The van der Waals surface area contributed by atoms with Crippen molar-refractivity contribution in [2.24, 2.45) is 0 Å². The lowest BCUT2D eigenvalue weighted by molar-refractivity contribution is 0.0331. The van der Waals surface area contributed by atoms with E-state index in [0.29, 0.717) is 29.9 Å². The Morgan fingerprint density at radius 1 is 1.08 bits per heavy atom. The van der Waals surface area contributed by atoms with E-state index in [9.17, 15) is 9.90 Å². The summed E-state index contributed by atoms with van der Waals surface area (Å²) in [7, 11) is 0. The van der Waals surface area contributed by atoms with Crippen LogP contribution in [0.1, 0.15) is 51.4 Å². The third-order valence-electron chi connectivity index (χ3n) is 5.95. The topological polar surface area (TPSA) is 81.3 Å². The molecular weight excluding hydrogens is 330 g/mol. The number of imidazole rings is 1. The fraction of sp³-hybridized carbons (Fsp3) is 0.650. The summed E-state index contributed by atoms with van der Waals surface area (Å²) in [6.45, 7) is 0.914. The predicted octanol–water partition coefficient (Wildman–Crippen LogP) is 2.78. The molecule has 2 saturated carbocycles. The van der Waals surface area contributed by atoms with E-state index in [4.69, 9.17) is 4.74 Å². The van der Waals surface area contributed by atoms with Gasteiger partial charge >= 0.3 is 5.69 Å². The number of benzene rings is 1. The van der Waals surface area contributed by atoms with E-state index in [1.807, 2.05) is 18.2 Å². The maximum atomic E-state index is 11.5. The molecule has 1 heterocycles. The van der Waals surface area contributed by atoms with Crippen molar-refractivity contribution in [3.8, 4) is 5.75 Å². The predicted molar refractivity (Wildman–Crippen MR) is 102 cm³/mol. The third kappa shape index (κ3) is 3.81. The first-order valence-electron chi connectivity index (χ1n) is 9.98. The number of nitrogens with one attached hydrogen (secondary N) is 2. The molecule has 1 unspecified atom stereocenters. The number of aliphatic hydroxyl groups is 1. The van der Waals surface area contributed by atoms with Crippen molar-refractivity contribution in [2.75, 3.05) is 13.2 Å². The minimum absolute atomic E-state index is 0.238. The van der Waals surface area contributed by atoms with Crippen LogP contribution in [-0.4, -0.2) is 51.3 Å². The Morgan fingerprint density at radius 2 is 1.73 bits per heavy atom. The van der Waals surface area contributed by atoms with E-state index < -0.39 is 6.10 Å². The van der Waals surface area contributed by atoms with Crippen molar-refractivity contribution < 1.29 is 9.84 Å². The van der Waals surface area contributed by atoms with Crippen LogP contribution in [0, 0.1) is 0 Å². The monoisotopic (exact) mass is 359 g/mol. The van der Waals surface area contributed by atoms with Crippen LogP contribution in [0.4, 0.5) is 0 Å². The Kier molecular flexibility index (Phi) is 5.31. The number of rotatable bonds is 7. The molecule has 2 fully saturated rings. The molecule has 0 saturated heterocycles. The molecule has 0 radical (unpaired) electrons. The zero-order valence-corrected chi connectivity index (χ0v) is 15.2. The van der Waals surface area contributed by atoms with Gasteiger partial charge in [0.25, 0.3) is 0 Å². The molecule has 0 spiro atoms. The van der Waals surface area contributed by atoms with Gasteiger partial charge in [-0.3, -0.25) is 4.90 Å². The minimum Gasteiger partial charge on any atom is -0.489 e. The number of aliphatic hydroxyl groups excluding tert-OH is 1. The first-order chi connectivity index (χ1) is 12.7. The molecule has 3 N–H and O–H groups in total. The van der Waals surface area contributed by atoms with Crippen molar-refractivity contribution in [3.63, 3.8) is 0 Å². The van der Waals surface area contributed by atoms with Crippen molar-refractivity contribution in [2.45, 2.75) is 69.6 Å². The Bertz CT molecular complexity index is 756. The number of aromatic nitrogens is 2. The molecule has 6 nitrogen and oxygen atoms in total. The summed E-state index contributed by atoms with van der Waals surface area (Å²) in [6, 6.07) is 6.75. The maximum Gasteiger partial charge on any atom is 0.323 e. The Labute approximate surface area is 153 Å². The molecule has 4 rings (SSSR count). The first-order valence-corrected chi connectivity index (χ1v) is 9.98. The van der Waals surface area contributed by atoms with Gasteiger partial charge in [-0.1, -0.05) is 31.7 Å². The summed E-state index contributed by atoms with van der Waals surface area (Å²) in [4.78, 5) is 19.5. The average Bonchev–Trinajstić information content (AvgIpc) is 3.38. The third-order valence-corrected chi connectivity index (χ3v) is 5.95. The lowest BCUT2D eigenvalue weighted by atomic mass is 10.1. The molecule has 0 bridgehead atoms. The van der Waals surface area contributed by atoms with Gasteiger partial charge in [0, 0.05) is 18.6 Å². The molecule has 26 heavy (non-hydrogen) atoms. The smallest absolute Gasteiger partial charge is 0.323 e. The standard InChI is InChI=1S/C20H29N3O3/c24-16(12-23(14-6-1-2-7-14)15-8-3-4-9-15)13-26-18-11-5-10-17-19(18)22-20(25)21-17/h5,10-11,14-16,24H,1-4,6-9,12-13H2,(H2,21,22,25).